The van der Waals surface area contributed by atoms with E-state index in [1.807, 2.05) is 36.9 Å². The Hall–Kier alpha value is -1.46. The van der Waals surface area contributed by atoms with E-state index in [2.05, 4.69) is 35.7 Å². The standard InChI is InChI=1S/C19H32N4O/c1-6-19(24)23(18-9-7-8-16(4)20-18)11-10-22-13-17(14-22)21(5)12-15(2)3/h7-9,15,17H,6,10-14H2,1-5H3. The number of carbonyl (C=O) groups excluding carboxylic acids is 1. The molecule has 1 aliphatic heterocycles. The molecule has 0 saturated carbocycles. The highest BCUT2D eigenvalue weighted by atomic mass is 16.2. The summed E-state index contributed by atoms with van der Waals surface area (Å²) in [6.07, 6.45) is 0.509. The zero-order valence-corrected chi connectivity index (χ0v) is 15.8. The number of hydrogen-bond acceptors (Lipinski definition) is 4. The Morgan fingerprint density at radius 3 is 2.67 bits per heavy atom. The van der Waals surface area contributed by atoms with Crippen molar-refractivity contribution in [3.63, 3.8) is 0 Å². The predicted molar refractivity (Wildman–Crippen MR) is 99.3 cm³/mol. The van der Waals surface area contributed by atoms with Crippen LogP contribution in [0.2, 0.25) is 0 Å². The number of carbonyl (C=O) groups is 1. The fraction of sp³-hybridized carbons (Fsp3) is 0.684. The van der Waals surface area contributed by atoms with Crippen LogP contribution in [0.1, 0.15) is 32.9 Å². The number of anilines is 1. The van der Waals surface area contributed by atoms with Gasteiger partial charge in [0.1, 0.15) is 5.82 Å². The monoisotopic (exact) mass is 332 g/mol. The Bertz CT molecular complexity index is 540. The van der Waals surface area contributed by atoms with Crippen LogP contribution >= 0.6 is 0 Å². The van der Waals surface area contributed by atoms with E-state index < -0.39 is 0 Å². The number of amides is 1. The second-order valence-electron chi connectivity index (χ2n) is 7.28. The van der Waals surface area contributed by atoms with Crippen molar-refractivity contribution in [3.05, 3.63) is 23.9 Å². The van der Waals surface area contributed by atoms with Gasteiger partial charge in [-0.1, -0.05) is 26.8 Å². The van der Waals surface area contributed by atoms with Gasteiger partial charge in [-0.3, -0.25) is 14.6 Å². The predicted octanol–water partition coefficient (Wildman–Crippen LogP) is 2.41. The normalized spacial score (nSPS) is 15.8. The molecule has 2 rings (SSSR count). The number of likely N-dealkylation sites (N-methyl/N-ethyl adjacent to an activating group) is 1. The van der Waals surface area contributed by atoms with Crippen LogP contribution in [0.3, 0.4) is 0 Å². The summed E-state index contributed by atoms with van der Waals surface area (Å²) in [7, 11) is 2.21. The van der Waals surface area contributed by atoms with E-state index in [0.717, 1.165) is 37.7 Å². The Morgan fingerprint density at radius 1 is 1.38 bits per heavy atom. The molecule has 1 amide bonds. The Labute approximate surface area is 146 Å². The maximum atomic E-state index is 12.3. The van der Waals surface area contributed by atoms with Crippen LogP contribution in [-0.4, -0.2) is 66.5 Å². The van der Waals surface area contributed by atoms with E-state index in [-0.39, 0.29) is 5.91 Å². The number of aromatic nitrogens is 1. The molecule has 1 aromatic rings. The van der Waals surface area contributed by atoms with Gasteiger partial charge in [0.25, 0.3) is 0 Å². The van der Waals surface area contributed by atoms with Crippen molar-refractivity contribution in [1.82, 2.24) is 14.8 Å². The van der Waals surface area contributed by atoms with Crippen LogP contribution in [0.15, 0.2) is 18.2 Å². The molecule has 0 atom stereocenters. The minimum absolute atomic E-state index is 0.141. The van der Waals surface area contributed by atoms with Crippen molar-refractivity contribution < 1.29 is 4.79 Å². The molecule has 0 spiro atoms. The van der Waals surface area contributed by atoms with E-state index in [0.29, 0.717) is 24.9 Å². The maximum Gasteiger partial charge on any atom is 0.227 e. The molecule has 0 unspecified atom stereocenters. The first-order chi connectivity index (χ1) is 11.4. The molecule has 1 fully saturated rings. The molecule has 0 aromatic carbocycles. The lowest BCUT2D eigenvalue weighted by Crippen LogP contribution is -2.60. The minimum atomic E-state index is 0.141. The lowest BCUT2D eigenvalue weighted by molar-refractivity contribution is -0.118. The number of rotatable bonds is 8. The topological polar surface area (TPSA) is 39.7 Å². The van der Waals surface area contributed by atoms with Crippen molar-refractivity contribution in [2.24, 2.45) is 5.92 Å². The number of likely N-dealkylation sites (tertiary alicyclic amines) is 1. The summed E-state index contributed by atoms with van der Waals surface area (Å²) in [5, 5.41) is 0. The van der Waals surface area contributed by atoms with Gasteiger partial charge in [0.15, 0.2) is 0 Å². The zero-order valence-electron chi connectivity index (χ0n) is 15.8. The molecule has 1 aromatic heterocycles. The Kier molecular flexibility index (Phi) is 6.75. The van der Waals surface area contributed by atoms with Gasteiger partial charge in [-0.05, 0) is 32.0 Å². The van der Waals surface area contributed by atoms with Gasteiger partial charge in [0.05, 0.1) is 0 Å². The first-order valence-electron chi connectivity index (χ1n) is 9.07. The highest BCUT2D eigenvalue weighted by Crippen LogP contribution is 2.17. The molecule has 0 radical (unpaired) electrons. The first-order valence-corrected chi connectivity index (χ1v) is 9.07. The number of nitrogens with zero attached hydrogens (tertiary/aromatic N) is 4. The van der Waals surface area contributed by atoms with E-state index in [1.54, 1.807) is 0 Å². The largest absolute Gasteiger partial charge is 0.301 e. The average molecular weight is 332 g/mol. The molecule has 0 aliphatic carbocycles. The smallest absolute Gasteiger partial charge is 0.227 e. The molecule has 24 heavy (non-hydrogen) atoms. The van der Waals surface area contributed by atoms with Gasteiger partial charge < -0.3 is 4.90 Å². The van der Waals surface area contributed by atoms with Crippen LogP contribution in [0.25, 0.3) is 0 Å². The second-order valence-corrected chi connectivity index (χ2v) is 7.28. The second kappa shape index (κ2) is 8.58. The van der Waals surface area contributed by atoms with Crippen LogP contribution < -0.4 is 4.90 Å². The lowest BCUT2D eigenvalue weighted by Gasteiger charge is -2.45. The zero-order chi connectivity index (χ0) is 17.7. The van der Waals surface area contributed by atoms with Gasteiger partial charge in [-0.25, -0.2) is 4.98 Å². The molecular formula is C19H32N4O. The summed E-state index contributed by atoms with van der Waals surface area (Å²) in [4.78, 5) is 23.5. The van der Waals surface area contributed by atoms with E-state index in [9.17, 15) is 4.79 Å². The highest BCUT2D eigenvalue weighted by molar-refractivity contribution is 5.92. The maximum absolute atomic E-state index is 12.3. The summed E-state index contributed by atoms with van der Waals surface area (Å²) in [6, 6.07) is 6.51. The number of pyridine rings is 1. The Balaban J connectivity index is 1.86. The number of hydrogen-bond donors (Lipinski definition) is 0. The van der Waals surface area contributed by atoms with Crippen molar-refractivity contribution in [2.75, 3.05) is 44.7 Å². The van der Waals surface area contributed by atoms with Crippen LogP contribution in [0.4, 0.5) is 5.82 Å². The molecule has 2 heterocycles. The fourth-order valence-electron chi connectivity index (χ4n) is 3.21. The first kappa shape index (κ1) is 18.9. The third-order valence-electron chi connectivity index (χ3n) is 4.61. The molecule has 134 valence electrons. The fourth-order valence-corrected chi connectivity index (χ4v) is 3.21. The summed E-state index contributed by atoms with van der Waals surface area (Å²) in [6.45, 7) is 13.3. The van der Waals surface area contributed by atoms with Crippen molar-refractivity contribution in [3.8, 4) is 0 Å². The quantitative estimate of drug-likeness (QED) is 0.733. The van der Waals surface area contributed by atoms with Gasteiger partial charge in [0.2, 0.25) is 5.91 Å². The van der Waals surface area contributed by atoms with Gasteiger partial charge in [-0.15, -0.1) is 0 Å². The molecular weight excluding hydrogens is 300 g/mol. The summed E-state index contributed by atoms with van der Waals surface area (Å²) in [5.74, 6) is 1.62. The molecule has 0 N–H and O–H groups in total. The van der Waals surface area contributed by atoms with E-state index in [4.69, 9.17) is 0 Å². The lowest BCUT2D eigenvalue weighted by atomic mass is 10.1. The highest BCUT2D eigenvalue weighted by Gasteiger charge is 2.30. The summed E-state index contributed by atoms with van der Waals surface area (Å²) in [5.41, 5.74) is 0.945. The molecule has 5 heteroatoms. The molecule has 1 saturated heterocycles. The van der Waals surface area contributed by atoms with Crippen molar-refractivity contribution >= 4 is 11.7 Å². The van der Waals surface area contributed by atoms with Crippen LogP contribution in [-0.2, 0) is 4.79 Å². The third-order valence-corrected chi connectivity index (χ3v) is 4.61. The third kappa shape index (κ3) is 5.02. The molecule has 0 bridgehead atoms. The Morgan fingerprint density at radius 2 is 2.08 bits per heavy atom. The molecule has 1 aliphatic rings. The van der Waals surface area contributed by atoms with Crippen LogP contribution in [0, 0.1) is 12.8 Å². The average Bonchev–Trinajstić information content (AvgIpc) is 2.48. The molecule has 5 nitrogen and oxygen atoms in total. The van der Waals surface area contributed by atoms with E-state index in [1.165, 1.54) is 0 Å². The number of aryl methyl sites for hydroxylation is 1. The van der Waals surface area contributed by atoms with Gasteiger partial charge in [-0.2, -0.15) is 0 Å². The van der Waals surface area contributed by atoms with Crippen LogP contribution in [0.5, 0.6) is 0 Å². The minimum Gasteiger partial charge on any atom is -0.301 e. The van der Waals surface area contributed by atoms with Gasteiger partial charge in [0, 0.05) is 50.9 Å². The summed E-state index contributed by atoms with van der Waals surface area (Å²) >= 11 is 0. The SMILES string of the molecule is CCC(=O)N(CCN1CC(N(C)CC(C)C)C1)c1cccc(C)n1. The van der Waals surface area contributed by atoms with Crippen molar-refractivity contribution in [2.45, 2.75) is 40.2 Å². The van der Waals surface area contributed by atoms with E-state index >= 15 is 0 Å². The van der Waals surface area contributed by atoms with Crippen molar-refractivity contribution in [1.29, 1.82) is 0 Å². The van der Waals surface area contributed by atoms with Gasteiger partial charge >= 0.3 is 0 Å². The summed E-state index contributed by atoms with van der Waals surface area (Å²) < 4.78 is 0.